The summed E-state index contributed by atoms with van der Waals surface area (Å²) in [6, 6.07) is 10.5. The predicted molar refractivity (Wildman–Crippen MR) is 77.1 cm³/mol. The topological polar surface area (TPSA) is 24.9 Å². The second-order valence-corrected chi connectivity index (χ2v) is 6.05. The monoisotopic (exact) mass is 258 g/mol. The van der Waals surface area contributed by atoms with Gasteiger partial charge in [-0.1, -0.05) is 30.3 Å². The Balaban J connectivity index is 1.91. The number of aromatic nitrogens is 1. The summed E-state index contributed by atoms with van der Waals surface area (Å²) in [5.74, 6) is 0.653. The molecular formula is C15H18N2S. The Bertz CT molecular complexity index is 513. The molecular weight excluding hydrogens is 240 g/mol. The third-order valence-corrected chi connectivity index (χ3v) is 4.61. The second-order valence-electron chi connectivity index (χ2n) is 4.85. The van der Waals surface area contributed by atoms with E-state index in [4.69, 9.17) is 4.98 Å². The SMILES string of the molecule is Cc1sc(-c2ccccc2)nc1C1CCNCC1. The molecule has 0 aliphatic carbocycles. The summed E-state index contributed by atoms with van der Waals surface area (Å²) in [6.45, 7) is 4.46. The molecule has 0 amide bonds. The highest BCUT2D eigenvalue weighted by molar-refractivity contribution is 7.15. The first-order valence-electron chi connectivity index (χ1n) is 6.58. The molecule has 1 fully saturated rings. The number of piperidine rings is 1. The summed E-state index contributed by atoms with van der Waals surface area (Å²) in [4.78, 5) is 6.28. The van der Waals surface area contributed by atoms with E-state index < -0.39 is 0 Å². The van der Waals surface area contributed by atoms with Crippen molar-refractivity contribution < 1.29 is 0 Å². The van der Waals surface area contributed by atoms with Gasteiger partial charge in [0, 0.05) is 16.4 Å². The highest BCUT2D eigenvalue weighted by Crippen LogP contribution is 2.34. The minimum Gasteiger partial charge on any atom is -0.317 e. The van der Waals surface area contributed by atoms with Gasteiger partial charge in [0.05, 0.1) is 5.69 Å². The van der Waals surface area contributed by atoms with Gasteiger partial charge in [-0.25, -0.2) is 4.98 Å². The van der Waals surface area contributed by atoms with E-state index in [-0.39, 0.29) is 0 Å². The lowest BCUT2D eigenvalue weighted by molar-refractivity contribution is 0.453. The molecule has 2 nitrogen and oxygen atoms in total. The van der Waals surface area contributed by atoms with Crippen LogP contribution in [0.3, 0.4) is 0 Å². The third kappa shape index (κ3) is 2.33. The summed E-state index contributed by atoms with van der Waals surface area (Å²) < 4.78 is 0. The molecule has 1 aliphatic rings. The van der Waals surface area contributed by atoms with Crippen LogP contribution in [0.2, 0.25) is 0 Å². The summed E-state index contributed by atoms with van der Waals surface area (Å²) in [5.41, 5.74) is 2.58. The van der Waals surface area contributed by atoms with Gasteiger partial charge in [-0.05, 0) is 32.9 Å². The zero-order chi connectivity index (χ0) is 12.4. The summed E-state index contributed by atoms with van der Waals surface area (Å²) in [5, 5.41) is 4.59. The van der Waals surface area contributed by atoms with E-state index in [1.807, 2.05) is 11.3 Å². The van der Waals surface area contributed by atoms with E-state index in [9.17, 15) is 0 Å². The van der Waals surface area contributed by atoms with Gasteiger partial charge in [0.25, 0.3) is 0 Å². The average molecular weight is 258 g/mol. The molecule has 3 heteroatoms. The minimum absolute atomic E-state index is 0.653. The molecule has 0 spiro atoms. The summed E-state index contributed by atoms with van der Waals surface area (Å²) >= 11 is 1.83. The van der Waals surface area contributed by atoms with Crippen LogP contribution in [0.25, 0.3) is 10.6 Å². The Labute approximate surface area is 112 Å². The molecule has 18 heavy (non-hydrogen) atoms. The van der Waals surface area contributed by atoms with Crippen molar-refractivity contribution in [1.29, 1.82) is 0 Å². The molecule has 0 saturated carbocycles. The first-order valence-corrected chi connectivity index (χ1v) is 7.39. The molecule has 1 aliphatic heterocycles. The molecule has 3 rings (SSSR count). The van der Waals surface area contributed by atoms with Crippen LogP contribution in [0.15, 0.2) is 30.3 Å². The second kappa shape index (κ2) is 5.21. The van der Waals surface area contributed by atoms with Crippen LogP contribution in [0.4, 0.5) is 0 Å². The van der Waals surface area contributed by atoms with Crippen molar-refractivity contribution >= 4 is 11.3 Å². The van der Waals surface area contributed by atoms with E-state index in [0.29, 0.717) is 5.92 Å². The Hall–Kier alpha value is -1.19. The fourth-order valence-electron chi connectivity index (χ4n) is 2.59. The van der Waals surface area contributed by atoms with Crippen LogP contribution in [0.5, 0.6) is 0 Å². The molecule has 0 radical (unpaired) electrons. The lowest BCUT2D eigenvalue weighted by Crippen LogP contribution is -2.27. The van der Waals surface area contributed by atoms with Crippen molar-refractivity contribution in [3.63, 3.8) is 0 Å². The molecule has 1 aromatic carbocycles. The third-order valence-electron chi connectivity index (χ3n) is 3.58. The normalized spacial score (nSPS) is 16.9. The number of aryl methyl sites for hydroxylation is 1. The van der Waals surface area contributed by atoms with Gasteiger partial charge in [0.2, 0.25) is 0 Å². The van der Waals surface area contributed by atoms with Crippen molar-refractivity contribution in [2.24, 2.45) is 0 Å². The zero-order valence-corrected chi connectivity index (χ0v) is 11.5. The molecule has 1 saturated heterocycles. The maximum Gasteiger partial charge on any atom is 0.123 e. The van der Waals surface area contributed by atoms with Gasteiger partial charge < -0.3 is 5.32 Å². The Kier molecular flexibility index (Phi) is 3.43. The fraction of sp³-hybridized carbons (Fsp3) is 0.400. The van der Waals surface area contributed by atoms with Crippen LogP contribution >= 0.6 is 11.3 Å². The highest BCUT2D eigenvalue weighted by Gasteiger charge is 2.21. The number of hydrogen-bond acceptors (Lipinski definition) is 3. The Morgan fingerprint density at radius 2 is 1.89 bits per heavy atom. The van der Waals surface area contributed by atoms with Gasteiger partial charge in [0.1, 0.15) is 5.01 Å². The molecule has 94 valence electrons. The maximum atomic E-state index is 4.89. The lowest BCUT2D eigenvalue weighted by Gasteiger charge is -2.21. The molecule has 1 N–H and O–H groups in total. The van der Waals surface area contributed by atoms with Crippen molar-refractivity contribution in [1.82, 2.24) is 10.3 Å². The number of thiazole rings is 1. The lowest BCUT2D eigenvalue weighted by atomic mass is 9.94. The minimum atomic E-state index is 0.653. The van der Waals surface area contributed by atoms with Crippen LogP contribution in [-0.2, 0) is 0 Å². The molecule has 0 bridgehead atoms. The van der Waals surface area contributed by atoms with E-state index in [2.05, 4.69) is 42.6 Å². The maximum absolute atomic E-state index is 4.89. The number of benzene rings is 1. The predicted octanol–water partition coefficient (Wildman–Crippen LogP) is 3.59. The summed E-state index contributed by atoms with van der Waals surface area (Å²) in [7, 11) is 0. The standard InChI is InChI=1S/C15H18N2S/c1-11-14(12-7-9-16-10-8-12)17-15(18-11)13-5-3-2-4-6-13/h2-6,12,16H,7-10H2,1H3. The van der Waals surface area contributed by atoms with Crippen LogP contribution in [-0.4, -0.2) is 18.1 Å². The quantitative estimate of drug-likeness (QED) is 0.890. The molecule has 0 unspecified atom stereocenters. The number of hydrogen-bond donors (Lipinski definition) is 1. The van der Waals surface area contributed by atoms with Crippen LogP contribution < -0.4 is 5.32 Å². The Morgan fingerprint density at radius 3 is 2.61 bits per heavy atom. The van der Waals surface area contributed by atoms with Crippen LogP contribution in [0.1, 0.15) is 29.3 Å². The highest BCUT2D eigenvalue weighted by atomic mass is 32.1. The fourth-order valence-corrected chi connectivity index (χ4v) is 3.59. The van der Waals surface area contributed by atoms with Gasteiger partial charge in [-0.15, -0.1) is 11.3 Å². The van der Waals surface area contributed by atoms with Gasteiger partial charge in [-0.2, -0.15) is 0 Å². The smallest absolute Gasteiger partial charge is 0.123 e. The van der Waals surface area contributed by atoms with Gasteiger partial charge in [0.15, 0.2) is 0 Å². The molecule has 2 aromatic rings. The van der Waals surface area contributed by atoms with E-state index in [1.165, 1.54) is 34.0 Å². The van der Waals surface area contributed by atoms with Gasteiger partial charge in [-0.3, -0.25) is 0 Å². The number of nitrogens with one attached hydrogen (secondary N) is 1. The van der Waals surface area contributed by atoms with Crippen molar-refractivity contribution in [3.8, 4) is 10.6 Å². The van der Waals surface area contributed by atoms with Crippen molar-refractivity contribution in [2.75, 3.05) is 13.1 Å². The summed E-state index contributed by atoms with van der Waals surface area (Å²) in [6.07, 6.45) is 2.44. The van der Waals surface area contributed by atoms with E-state index in [0.717, 1.165) is 13.1 Å². The number of rotatable bonds is 2. The van der Waals surface area contributed by atoms with Gasteiger partial charge >= 0.3 is 0 Å². The van der Waals surface area contributed by atoms with E-state index >= 15 is 0 Å². The first kappa shape index (κ1) is 11.9. The average Bonchev–Trinajstić information content (AvgIpc) is 2.83. The number of nitrogens with zero attached hydrogens (tertiary/aromatic N) is 1. The first-order chi connectivity index (χ1) is 8.84. The molecule has 0 atom stereocenters. The largest absolute Gasteiger partial charge is 0.317 e. The van der Waals surface area contributed by atoms with Crippen molar-refractivity contribution in [2.45, 2.75) is 25.7 Å². The zero-order valence-electron chi connectivity index (χ0n) is 10.6. The Morgan fingerprint density at radius 1 is 1.17 bits per heavy atom. The van der Waals surface area contributed by atoms with Crippen molar-refractivity contribution in [3.05, 3.63) is 40.9 Å². The van der Waals surface area contributed by atoms with E-state index in [1.54, 1.807) is 0 Å². The molecule has 2 heterocycles. The molecule has 1 aromatic heterocycles. The van der Waals surface area contributed by atoms with Crippen LogP contribution in [0, 0.1) is 6.92 Å².